The molecule has 1 aromatic heterocycles. The number of amides is 1. The topological polar surface area (TPSA) is 94.4 Å². The van der Waals surface area contributed by atoms with Crippen LogP contribution in [0.5, 0.6) is 0 Å². The van der Waals surface area contributed by atoms with Crippen molar-refractivity contribution in [1.29, 1.82) is 0 Å². The Balaban J connectivity index is 2.70. The highest BCUT2D eigenvalue weighted by atomic mass is 16.6. The molecule has 0 bridgehead atoms. The van der Waals surface area contributed by atoms with Crippen LogP contribution in [0.1, 0.15) is 33.3 Å². The Labute approximate surface area is 116 Å². The third-order valence-corrected chi connectivity index (χ3v) is 2.08. The number of carbonyl (C=O) groups is 1. The molecule has 0 radical (unpaired) electrons. The molecule has 1 N–H and O–H groups in total. The summed E-state index contributed by atoms with van der Waals surface area (Å²) in [6.07, 6.45) is 2.22. The van der Waals surface area contributed by atoms with Gasteiger partial charge in [0.25, 0.3) is 0 Å². The fraction of sp³-hybridized carbons (Fsp3) is 0.385. The van der Waals surface area contributed by atoms with Gasteiger partial charge in [0.2, 0.25) is 5.70 Å². The van der Waals surface area contributed by atoms with Crippen molar-refractivity contribution < 1.29 is 14.5 Å². The van der Waals surface area contributed by atoms with Crippen LogP contribution in [0.4, 0.5) is 10.6 Å². The molecule has 1 aromatic rings. The summed E-state index contributed by atoms with van der Waals surface area (Å²) in [6, 6.07) is 3.16. The molecule has 1 rings (SSSR count). The maximum Gasteiger partial charge on any atom is 0.413 e. The molecule has 0 saturated heterocycles. The van der Waals surface area contributed by atoms with Gasteiger partial charge in [-0.25, -0.2) is 9.78 Å². The zero-order valence-corrected chi connectivity index (χ0v) is 11.8. The maximum absolute atomic E-state index is 11.5. The fourth-order valence-corrected chi connectivity index (χ4v) is 1.27. The van der Waals surface area contributed by atoms with Crippen LogP contribution < -0.4 is 5.32 Å². The minimum Gasteiger partial charge on any atom is -0.444 e. The molecule has 7 heteroatoms. The lowest BCUT2D eigenvalue weighted by Gasteiger charge is -2.19. The molecular formula is C13H17N3O4. The first-order valence-electron chi connectivity index (χ1n) is 5.96. The van der Waals surface area contributed by atoms with Crippen molar-refractivity contribution in [3.05, 3.63) is 39.7 Å². The van der Waals surface area contributed by atoms with Crippen LogP contribution in [-0.4, -0.2) is 21.6 Å². The molecule has 108 valence electrons. The number of nitrogens with one attached hydrogen (secondary N) is 1. The Morgan fingerprint density at radius 3 is 2.55 bits per heavy atom. The van der Waals surface area contributed by atoms with Crippen LogP contribution in [0, 0.1) is 10.1 Å². The van der Waals surface area contributed by atoms with Crippen molar-refractivity contribution in [3.63, 3.8) is 0 Å². The normalized spacial score (nSPS) is 11.9. The second-order valence-corrected chi connectivity index (χ2v) is 5.15. The number of aromatic nitrogens is 1. The van der Waals surface area contributed by atoms with Crippen molar-refractivity contribution >= 4 is 18.0 Å². The summed E-state index contributed by atoms with van der Waals surface area (Å²) in [4.78, 5) is 25.5. The first kappa shape index (κ1) is 15.6. The van der Waals surface area contributed by atoms with E-state index < -0.39 is 16.6 Å². The number of rotatable bonds is 3. The third-order valence-electron chi connectivity index (χ3n) is 2.08. The third kappa shape index (κ3) is 5.47. The molecule has 0 fully saturated rings. The van der Waals surface area contributed by atoms with Crippen LogP contribution in [0.3, 0.4) is 0 Å². The highest BCUT2D eigenvalue weighted by Gasteiger charge is 2.16. The predicted octanol–water partition coefficient (Wildman–Crippen LogP) is 3.07. The number of hydrogen-bond donors (Lipinski definition) is 1. The number of nitrogens with zero attached hydrogens (tertiary/aromatic N) is 2. The Morgan fingerprint density at radius 2 is 2.10 bits per heavy atom. The molecule has 0 saturated carbocycles. The monoisotopic (exact) mass is 279 g/mol. The van der Waals surface area contributed by atoms with E-state index in [9.17, 15) is 14.9 Å². The lowest BCUT2D eigenvalue weighted by Crippen LogP contribution is -2.27. The molecule has 1 amide bonds. The van der Waals surface area contributed by atoms with Crippen LogP contribution in [0.15, 0.2) is 24.0 Å². The minimum atomic E-state index is -0.602. The molecular weight excluding hydrogens is 262 g/mol. The lowest BCUT2D eigenvalue weighted by molar-refractivity contribution is -0.422. The highest BCUT2D eigenvalue weighted by Crippen LogP contribution is 2.12. The average Bonchev–Trinajstić information content (AvgIpc) is 2.28. The van der Waals surface area contributed by atoms with Gasteiger partial charge in [0.05, 0.1) is 4.92 Å². The van der Waals surface area contributed by atoms with Gasteiger partial charge in [0.1, 0.15) is 11.4 Å². The second-order valence-electron chi connectivity index (χ2n) is 5.15. The van der Waals surface area contributed by atoms with Crippen LogP contribution in [-0.2, 0) is 4.74 Å². The smallest absolute Gasteiger partial charge is 0.413 e. The molecule has 0 unspecified atom stereocenters. The number of nitro groups is 1. The van der Waals surface area contributed by atoms with E-state index >= 15 is 0 Å². The molecule has 0 aromatic carbocycles. The number of carbonyl (C=O) groups excluding carboxylic acids is 1. The van der Waals surface area contributed by atoms with Gasteiger partial charge < -0.3 is 4.74 Å². The molecule has 7 nitrogen and oxygen atoms in total. The Hall–Kier alpha value is -2.44. The summed E-state index contributed by atoms with van der Waals surface area (Å²) in [5, 5.41) is 13.0. The van der Waals surface area contributed by atoms with E-state index in [0.29, 0.717) is 11.4 Å². The van der Waals surface area contributed by atoms with Gasteiger partial charge in [0, 0.05) is 19.2 Å². The van der Waals surface area contributed by atoms with Gasteiger partial charge >= 0.3 is 6.09 Å². The van der Waals surface area contributed by atoms with Gasteiger partial charge in [-0.3, -0.25) is 15.4 Å². The summed E-state index contributed by atoms with van der Waals surface area (Å²) >= 11 is 0. The molecule has 1 heterocycles. The van der Waals surface area contributed by atoms with Gasteiger partial charge in [-0.2, -0.15) is 0 Å². The summed E-state index contributed by atoms with van der Waals surface area (Å²) < 4.78 is 5.08. The number of pyridine rings is 1. The van der Waals surface area contributed by atoms with Gasteiger partial charge in [-0.15, -0.1) is 0 Å². The highest BCUT2D eigenvalue weighted by molar-refractivity contribution is 5.83. The van der Waals surface area contributed by atoms with Gasteiger partial charge in [0.15, 0.2) is 0 Å². The summed E-state index contributed by atoms with van der Waals surface area (Å²) in [5.41, 5.74) is 0.00357. The zero-order chi connectivity index (χ0) is 15.3. The lowest BCUT2D eigenvalue weighted by atomic mass is 10.2. The van der Waals surface area contributed by atoms with Crippen molar-refractivity contribution in [2.75, 3.05) is 5.32 Å². The van der Waals surface area contributed by atoms with Crippen molar-refractivity contribution in [3.8, 4) is 0 Å². The average molecular weight is 279 g/mol. The maximum atomic E-state index is 11.5. The first-order valence-corrected chi connectivity index (χ1v) is 5.96. The molecule has 0 aliphatic carbocycles. The molecule has 0 aliphatic heterocycles. The van der Waals surface area contributed by atoms with Gasteiger partial charge in [-0.05, 0) is 38.5 Å². The van der Waals surface area contributed by atoms with Gasteiger partial charge in [-0.1, -0.05) is 0 Å². The van der Waals surface area contributed by atoms with E-state index in [1.54, 1.807) is 32.9 Å². The van der Waals surface area contributed by atoms with Crippen molar-refractivity contribution in [2.24, 2.45) is 0 Å². The number of anilines is 1. The fourth-order valence-electron chi connectivity index (χ4n) is 1.27. The largest absolute Gasteiger partial charge is 0.444 e. The molecule has 20 heavy (non-hydrogen) atoms. The van der Waals surface area contributed by atoms with E-state index in [0.717, 1.165) is 0 Å². The molecule has 0 atom stereocenters. The number of allylic oxidation sites excluding steroid dienone is 1. The SMILES string of the molecule is C/C(=C\c1ccc(NC(=O)OC(C)(C)C)nc1)[N+](=O)[O-]. The van der Waals surface area contributed by atoms with Crippen molar-refractivity contribution in [2.45, 2.75) is 33.3 Å². The van der Waals surface area contributed by atoms with Crippen LogP contribution in [0.25, 0.3) is 6.08 Å². The standard InChI is InChI=1S/C13H17N3O4/c1-9(16(18)19)7-10-5-6-11(14-8-10)15-12(17)20-13(2,3)4/h5-8H,1-4H3,(H,14,15,17)/b9-7+. The Kier molecular flexibility index (Phi) is 4.79. The van der Waals surface area contributed by atoms with Crippen LogP contribution >= 0.6 is 0 Å². The molecule has 0 spiro atoms. The van der Waals surface area contributed by atoms with Crippen molar-refractivity contribution in [1.82, 2.24) is 4.98 Å². The van der Waals surface area contributed by atoms with E-state index in [1.165, 1.54) is 19.2 Å². The second kappa shape index (κ2) is 6.14. The Morgan fingerprint density at radius 1 is 1.45 bits per heavy atom. The summed E-state index contributed by atoms with van der Waals surface area (Å²) in [6.45, 7) is 6.67. The quantitative estimate of drug-likeness (QED) is 0.677. The van der Waals surface area contributed by atoms with E-state index in [4.69, 9.17) is 4.74 Å². The van der Waals surface area contributed by atoms with E-state index in [2.05, 4.69) is 10.3 Å². The number of ether oxygens (including phenoxy) is 1. The van der Waals surface area contributed by atoms with Crippen LogP contribution in [0.2, 0.25) is 0 Å². The predicted molar refractivity (Wildman–Crippen MR) is 74.7 cm³/mol. The molecule has 0 aliphatic rings. The first-order chi connectivity index (χ1) is 9.17. The zero-order valence-electron chi connectivity index (χ0n) is 11.8. The Bertz CT molecular complexity index is 530. The summed E-state index contributed by atoms with van der Waals surface area (Å²) in [7, 11) is 0. The van der Waals surface area contributed by atoms with E-state index in [-0.39, 0.29) is 5.70 Å². The summed E-state index contributed by atoms with van der Waals surface area (Å²) in [5.74, 6) is 0.315. The van der Waals surface area contributed by atoms with E-state index in [1.807, 2.05) is 0 Å². The minimum absolute atomic E-state index is 0.0136. The number of hydrogen-bond acceptors (Lipinski definition) is 5.